The van der Waals surface area contributed by atoms with Crippen LogP contribution in [0.2, 0.25) is 0 Å². The van der Waals surface area contributed by atoms with Gasteiger partial charge >= 0.3 is 6.03 Å². The summed E-state index contributed by atoms with van der Waals surface area (Å²) in [6.07, 6.45) is 2.13. The van der Waals surface area contributed by atoms with Crippen LogP contribution in [0.3, 0.4) is 0 Å². The second-order valence-corrected chi connectivity index (χ2v) is 6.00. The van der Waals surface area contributed by atoms with Crippen molar-refractivity contribution < 1.29 is 9.18 Å². The number of nitrogens with one attached hydrogen (secondary N) is 2. The summed E-state index contributed by atoms with van der Waals surface area (Å²) in [4.78, 5) is 16.0. The average Bonchev–Trinajstić information content (AvgIpc) is 3.01. The van der Waals surface area contributed by atoms with Gasteiger partial charge in [0.1, 0.15) is 10.8 Å². The van der Waals surface area contributed by atoms with Gasteiger partial charge in [-0.1, -0.05) is 29.5 Å². The van der Waals surface area contributed by atoms with Crippen LogP contribution in [0.4, 0.5) is 14.3 Å². The van der Waals surface area contributed by atoms with E-state index in [1.807, 2.05) is 24.3 Å². The van der Waals surface area contributed by atoms with E-state index in [0.717, 1.165) is 11.3 Å². The van der Waals surface area contributed by atoms with Crippen molar-refractivity contribution in [2.45, 2.75) is 13.0 Å². The molecule has 0 saturated carbocycles. The van der Waals surface area contributed by atoms with E-state index in [0.29, 0.717) is 23.1 Å². The minimum absolute atomic E-state index is 0.288. The van der Waals surface area contributed by atoms with Crippen molar-refractivity contribution >= 4 is 22.5 Å². The number of halogens is 1. The summed E-state index contributed by atoms with van der Waals surface area (Å²) in [5.74, 6) is -0.288. The van der Waals surface area contributed by atoms with Crippen LogP contribution in [-0.4, -0.2) is 21.2 Å². The van der Waals surface area contributed by atoms with Crippen LogP contribution in [0.25, 0.3) is 0 Å². The van der Waals surface area contributed by atoms with E-state index < -0.39 is 0 Å². The standard InChI is InChI=1S/C16H14FN5OS/c17-12-5-3-4-11(8-12)9-14-21-22-16(24-14)20-15(23)19-10-13-6-1-2-7-18-13/h1-8H,9-10H2,(H2,19,20,22,23). The normalized spacial score (nSPS) is 10.4. The summed E-state index contributed by atoms with van der Waals surface area (Å²) in [7, 11) is 0. The predicted octanol–water partition coefficient (Wildman–Crippen LogP) is 2.98. The van der Waals surface area contributed by atoms with Crippen molar-refractivity contribution in [1.29, 1.82) is 0 Å². The molecular weight excluding hydrogens is 329 g/mol. The smallest absolute Gasteiger partial charge is 0.321 e. The monoisotopic (exact) mass is 343 g/mol. The minimum Gasteiger partial charge on any atom is -0.332 e. The highest BCUT2D eigenvalue weighted by Crippen LogP contribution is 2.18. The van der Waals surface area contributed by atoms with Gasteiger partial charge in [-0.3, -0.25) is 10.3 Å². The molecule has 0 radical (unpaired) electrons. The summed E-state index contributed by atoms with van der Waals surface area (Å²) < 4.78 is 13.2. The van der Waals surface area contributed by atoms with Gasteiger partial charge in [0.2, 0.25) is 5.13 Å². The van der Waals surface area contributed by atoms with E-state index in [9.17, 15) is 9.18 Å². The van der Waals surface area contributed by atoms with Crippen LogP contribution in [0.1, 0.15) is 16.3 Å². The van der Waals surface area contributed by atoms with Gasteiger partial charge in [0.25, 0.3) is 0 Å². The molecule has 0 spiro atoms. The van der Waals surface area contributed by atoms with E-state index in [1.165, 1.54) is 23.5 Å². The van der Waals surface area contributed by atoms with E-state index in [2.05, 4.69) is 25.8 Å². The van der Waals surface area contributed by atoms with Gasteiger partial charge in [0.15, 0.2) is 0 Å². The fraction of sp³-hybridized carbons (Fsp3) is 0.125. The third-order valence-corrected chi connectivity index (χ3v) is 3.93. The van der Waals surface area contributed by atoms with Gasteiger partial charge in [-0.15, -0.1) is 10.2 Å². The largest absolute Gasteiger partial charge is 0.332 e. The molecule has 122 valence electrons. The Kier molecular flexibility index (Phi) is 5.07. The maximum absolute atomic E-state index is 13.2. The first-order valence-electron chi connectivity index (χ1n) is 7.20. The molecule has 2 amide bonds. The number of urea groups is 1. The average molecular weight is 343 g/mol. The molecular formula is C16H14FN5OS. The second-order valence-electron chi connectivity index (χ2n) is 4.94. The lowest BCUT2D eigenvalue weighted by atomic mass is 10.1. The van der Waals surface area contributed by atoms with Gasteiger partial charge in [-0.2, -0.15) is 0 Å². The third-order valence-electron chi connectivity index (χ3n) is 3.09. The molecule has 0 atom stereocenters. The fourth-order valence-electron chi connectivity index (χ4n) is 2.01. The Morgan fingerprint density at radius 3 is 2.88 bits per heavy atom. The van der Waals surface area contributed by atoms with E-state index in [1.54, 1.807) is 12.3 Å². The van der Waals surface area contributed by atoms with Crippen LogP contribution < -0.4 is 10.6 Å². The van der Waals surface area contributed by atoms with E-state index in [-0.39, 0.29) is 11.8 Å². The van der Waals surface area contributed by atoms with Gasteiger partial charge < -0.3 is 5.32 Å². The Hall–Kier alpha value is -2.87. The van der Waals surface area contributed by atoms with Gasteiger partial charge in [0, 0.05) is 12.6 Å². The number of hydrogen-bond acceptors (Lipinski definition) is 5. The number of carbonyl (C=O) groups excluding carboxylic acids is 1. The molecule has 0 bridgehead atoms. The van der Waals surface area contributed by atoms with Crippen LogP contribution in [0.5, 0.6) is 0 Å². The summed E-state index contributed by atoms with van der Waals surface area (Å²) in [6, 6.07) is 11.4. The molecule has 2 heterocycles. The molecule has 3 rings (SSSR count). The quantitative estimate of drug-likeness (QED) is 0.746. The lowest BCUT2D eigenvalue weighted by molar-refractivity contribution is 0.251. The zero-order valence-electron chi connectivity index (χ0n) is 12.6. The molecule has 2 N–H and O–H groups in total. The van der Waals surface area contributed by atoms with Crippen molar-refractivity contribution in [2.75, 3.05) is 5.32 Å². The number of aromatic nitrogens is 3. The predicted molar refractivity (Wildman–Crippen MR) is 89.2 cm³/mol. The molecule has 0 unspecified atom stereocenters. The topological polar surface area (TPSA) is 79.8 Å². The lowest BCUT2D eigenvalue weighted by Gasteiger charge is -2.04. The van der Waals surface area contributed by atoms with Crippen molar-refractivity contribution in [2.24, 2.45) is 0 Å². The molecule has 0 fully saturated rings. The highest BCUT2D eigenvalue weighted by atomic mass is 32.1. The first-order valence-corrected chi connectivity index (χ1v) is 8.02. The van der Waals surface area contributed by atoms with Crippen LogP contribution >= 0.6 is 11.3 Å². The maximum atomic E-state index is 13.2. The second kappa shape index (κ2) is 7.60. The zero-order valence-corrected chi connectivity index (χ0v) is 13.4. The Balaban J connectivity index is 1.53. The number of nitrogens with zero attached hydrogens (tertiary/aromatic N) is 3. The number of anilines is 1. The highest BCUT2D eigenvalue weighted by molar-refractivity contribution is 7.15. The number of benzene rings is 1. The molecule has 8 heteroatoms. The fourth-order valence-corrected chi connectivity index (χ4v) is 2.78. The summed E-state index contributed by atoms with van der Waals surface area (Å²) in [5, 5.41) is 14.3. The molecule has 0 aliphatic rings. The minimum atomic E-state index is -0.380. The summed E-state index contributed by atoms with van der Waals surface area (Å²) in [6.45, 7) is 0.321. The van der Waals surface area contributed by atoms with Gasteiger partial charge in [-0.25, -0.2) is 9.18 Å². The molecule has 3 aromatic rings. The van der Waals surface area contributed by atoms with Crippen LogP contribution in [0.15, 0.2) is 48.7 Å². The number of amides is 2. The van der Waals surface area contributed by atoms with Crippen LogP contribution in [0, 0.1) is 5.82 Å². The first-order chi connectivity index (χ1) is 11.7. The first kappa shape index (κ1) is 16.0. The number of pyridine rings is 1. The van der Waals surface area contributed by atoms with Crippen molar-refractivity contribution in [3.8, 4) is 0 Å². The van der Waals surface area contributed by atoms with Gasteiger partial charge in [0.05, 0.1) is 12.2 Å². The van der Waals surface area contributed by atoms with Crippen LogP contribution in [-0.2, 0) is 13.0 Å². The van der Waals surface area contributed by atoms with Crippen molar-refractivity contribution in [3.05, 3.63) is 70.7 Å². The Bertz CT molecular complexity index is 824. The summed E-state index contributed by atoms with van der Waals surface area (Å²) in [5.41, 5.74) is 1.56. The Morgan fingerprint density at radius 2 is 2.08 bits per heavy atom. The SMILES string of the molecule is O=C(NCc1ccccn1)Nc1nnc(Cc2cccc(F)c2)s1. The number of rotatable bonds is 5. The number of hydrogen-bond donors (Lipinski definition) is 2. The molecule has 0 aliphatic heterocycles. The van der Waals surface area contributed by atoms with Crippen molar-refractivity contribution in [3.63, 3.8) is 0 Å². The molecule has 2 aromatic heterocycles. The molecule has 6 nitrogen and oxygen atoms in total. The van der Waals surface area contributed by atoms with E-state index in [4.69, 9.17) is 0 Å². The van der Waals surface area contributed by atoms with E-state index >= 15 is 0 Å². The highest BCUT2D eigenvalue weighted by Gasteiger charge is 2.09. The molecule has 0 saturated heterocycles. The molecule has 24 heavy (non-hydrogen) atoms. The van der Waals surface area contributed by atoms with Gasteiger partial charge in [-0.05, 0) is 29.8 Å². The zero-order chi connectivity index (χ0) is 16.8. The Morgan fingerprint density at radius 1 is 1.17 bits per heavy atom. The lowest BCUT2D eigenvalue weighted by Crippen LogP contribution is -2.28. The summed E-state index contributed by atoms with van der Waals surface area (Å²) >= 11 is 1.25. The maximum Gasteiger partial charge on any atom is 0.321 e. The third kappa shape index (κ3) is 4.56. The van der Waals surface area contributed by atoms with Crippen molar-refractivity contribution in [1.82, 2.24) is 20.5 Å². The Labute approximate surface area is 141 Å². The number of carbonyl (C=O) groups is 1. The molecule has 0 aliphatic carbocycles. The molecule has 1 aromatic carbocycles.